The fraction of sp³-hybridized carbons (Fsp3) is 0.231. The Balaban J connectivity index is 2.45. The maximum absolute atomic E-state index is 13.2. The highest BCUT2D eigenvalue weighted by Crippen LogP contribution is 2.34. The Labute approximate surface area is 117 Å². The minimum absolute atomic E-state index is 0.0169. The number of nitrogens with zero attached hydrogens (tertiary/aromatic N) is 3. The van der Waals surface area contributed by atoms with E-state index < -0.39 is 17.6 Å². The third-order valence-electron chi connectivity index (χ3n) is 2.87. The fourth-order valence-electron chi connectivity index (χ4n) is 1.89. The third-order valence-corrected chi connectivity index (χ3v) is 2.87. The van der Waals surface area contributed by atoms with E-state index in [2.05, 4.69) is 10.4 Å². The van der Waals surface area contributed by atoms with Crippen molar-refractivity contribution >= 4 is 11.5 Å². The van der Waals surface area contributed by atoms with E-state index in [4.69, 9.17) is 5.26 Å². The SMILES string of the molecule is Cc1nn(C)c(Nc2ccc(F)c(C(F)(F)F)c2)c1C#N. The molecule has 2 aromatic rings. The summed E-state index contributed by atoms with van der Waals surface area (Å²) in [6, 6.07) is 4.45. The van der Waals surface area contributed by atoms with E-state index in [-0.39, 0.29) is 17.1 Å². The van der Waals surface area contributed by atoms with Crippen molar-refractivity contribution in [3.8, 4) is 6.07 Å². The van der Waals surface area contributed by atoms with Crippen molar-refractivity contribution in [1.29, 1.82) is 5.26 Å². The Bertz CT molecular complexity index is 725. The smallest absolute Gasteiger partial charge is 0.339 e. The van der Waals surface area contributed by atoms with Gasteiger partial charge in [-0.05, 0) is 25.1 Å². The summed E-state index contributed by atoms with van der Waals surface area (Å²) < 4.78 is 52.5. The molecular weight excluding hydrogens is 288 g/mol. The lowest BCUT2D eigenvalue weighted by Gasteiger charge is -2.12. The van der Waals surface area contributed by atoms with Crippen molar-refractivity contribution in [2.45, 2.75) is 13.1 Å². The summed E-state index contributed by atoms with van der Waals surface area (Å²) >= 11 is 0. The van der Waals surface area contributed by atoms with Gasteiger partial charge in [0.15, 0.2) is 0 Å². The largest absolute Gasteiger partial charge is 0.419 e. The first-order chi connectivity index (χ1) is 9.74. The van der Waals surface area contributed by atoms with Crippen molar-refractivity contribution in [3.63, 3.8) is 0 Å². The molecule has 0 saturated carbocycles. The van der Waals surface area contributed by atoms with Crippen LogP contribution in [0.15, 0.2) is 18.2 Å². The molecule has 2 rings (SSSR count). The number of anilines is 2. The second kappa shape index (κ2) is 5.09. The van der Waals surface area contributed by atoms with Crippen molar-refractivity contribution in [3.05, 3.63) is 40.8 Å². The van der Waals surface area contributed by atoms with Crippen LogP contribution in [0.5, 0.6) is 0 Å². The average Bonchev–Trinajstić information content (AvgIpc) is 2.64. The predicted octanol–water partition coefficient (Wildman–Crippen LogP) is 3.50. The lowest BCUT2D eigenvalue weighted by Crippen LogP contribution is -2.09. The van der Waals surface area contributed by atoms with Crippen LogP contribution in [0.2, 0.25) is 0 Å². The molecule has 0 aliphatic carbocycles. The molecule has 0 amide bonds. The van der Waals surface area contributed by atoms with E-state index in [0.29, 0.717) is 11.8 Å². The number of nitrogens with one attached hydrogen (secondary N) is 1. The number of hydrogen-bond donors (Lipinski definition) is 1. The van der Waals surface area contributed by atoms with Gasteiger partial charge in [-0.2, -0.15) is 23.5 Å². The Morgan fingerprint density at radius 3 is 2.57 bits per heavy atom. The highest BCUT2D eigenvalue weighted by atomic mass is 19.4. The number of rotatable bonds is 2. The van der Waals surface area contributed by atoms with Crippen LogP contribution in [-0.2, 0) is 13.2 Å². The minimum Gasteiger partial charge on any atom is -0.339 e. The molecule has 1 aromatic heterocycles. The van der Waals surface area contributed by atoms with Crippen LogP contribution in [0.3, 0.4) is 0 Å². The van der Waals surface area contributed by atoms with Crippen molar-refractivity contribution in [2.24, 2.45) is 7.05 Å². The molecule has 0 unspecified atom stereocenters. The molecule has 0 aliphatic rings. The van der Waals surface area contributed by atoms with E-state index in [0.717, 1.165) is 12.1 Å². The van der Waals surface area contributed by atoms with Crippen molar-refractivity contribution in [2.75, 3.05) is 5.32 Å². The molecule has 0 atom stereocenters. The van der Waals surface area contributed by atoms with Gasteiger partial charge in [-0.15, -0.1) is 0 Å². The summed E-state index contributed by atoms with van der Waals surface area (Å²) in [6.07, 6.45) is -4.79. The van der Waals surface area contributed by atoms with Crippen molar-refractivity contribution in [1.82, 2.24) is 9.78 Å². The third kappa shape index (κ3) is 2.81. The number of hydrogen-bond acceptors (Lipinski definition) is 3. The minimum atomic E-state index is -4.79. The van der Waals surface area contributed by atoms with Gasteiger partial charge in [0, 0.05) is 12.7 Å². The molecule has 1 heterocycles. The Hall–Kier alpha value is -2.56. The number of nitriles is 1. The van der Waals surface area contributed by atoms with Gasteiger partial charge >= 0.3 is 6.18 Å². The first-order valence-electron chi connectivity index (χ1n) is 5.81. The molecule has 8 heteroatoms. The summed E-state index contributed by atoms with van der Waals surface area (Å²) in [5.74, 6) is -1.11. The molecule has 0 aliphatic heterocycles. The first-order valence-corrected chi connectivity index (χ1v) is 5.81. The Morgan fingerprint density at radius 2 is 2.00 bits per heavy atom. The van der Waals surface area contributed by atoms with Crippen molar-refractivity contribution < 1.29 is 17.6 Å². The van der Waals surface area contributed by atoms with E-state index in [9.17, 15) is 17.6 Å². The number of halogens is 4. The molecule has 21 heavy (non-hydrogen) atoms. The van der Waals surface area contributed by atoms with Gasteiger partial charge in [0.1, 0.15) is 23.3 Å². The summed E-state index contributed by atoms with van der Waals surface area (Å²) in [5, 5.41) is 15.7. The molecule has 0 spiro atoms. The topological polar surface area (TPSA) is 53.6 Å². The molecule has 1 aromatic carbocycles. The Kier molecular flexibility index (Phi) is 3.60. The van der Waals surface area contributed by atoms with Crippen LogP contribution in [0.1, 0.15) is 16.8 Å². The molecule has 4 nitrogen and oxygen atoms in total. The van der Waals surface area contributed by atoms with Crippen LogP contribution in [0.4, 0.5) is 29.1 Å². The molecule has 0 radical (unpaired) electrons. The molecule has 0 fully saturated rings. The van der Waals surface area contributed by atoms with E-state index in [1.54, 1.807) is 14.0 Å². The molecular formula is C13H10F4N4. The summed E-state index contributed by atoms with van der Waals surface area (Å²) in [6.45, 7) is 1.61. The lowest BCUT2D eigenvalue weighted by atomic mass is 10.1. The summed E-state index contributed by atoms with van der Waals surface area (Å²) in [4.78, 5) is 0. The lowest BCUT2D eigenvalue weighted by molar-refractivity contribution is -0.139. The maximum atomic E-state index is 13.2. The summed E-state index contributed by atoms with van der Waals surface area (Å²) in [5.41, 5.74) is -0.691. The van der Waals surface area contributed by atoms with E-state index >= 15 is 0 Å². The molecule has 1 N–H and O–H groups in total. The van der Waals surface area contributed by atoms with Crippen LogP contribution in [0.25, 0.3) is 0 Å². The number of benzene rings is 1. The highest BCUT2D eigenvalue weighted by Gasteiger charge is 2.34. The maximum Gasteiger partial charge on any atom is 0.419 e. The molecule has 110 valence electrons. The fourth-order valence-corrected chi connectivity index (χ4v) is 1.89. The van der Waals surface area contributed by atoms with Gasteiger partial charge in [0.25, 0.3) is 0 Å². The monoisotopic (exact) mass is 298 g/mol. The van der Waals surface area contributed by atoms with Crippen LogP contribution < -0.4 is 5.32 Å². The van der Waals surface area contributed by atoms with Gasteiger partial charge < -0.3 is 5.32 Å². The average molecular weight is 298 g/mol. The number of aromatic nitrogens is 2. The zero-order valence-corrected chi connectivity index (χ0v) is 11.1. The molecule has 0 saturated heterocycles. The number of alkyl halides is 3. The predicted molar refractivity (Wildman–Crippen MR) is 67.3 cm³/mol. The zero-order chi connectivity index (χ0) is 15.8. The van der Waals surface area contributed by atoms with Crippen LogP contribution in [-0.4, -0.2) is 9.78 Å². The Morgan fingerprint density at radius 1 is 1.33 bits per heavy atom. The summed E-state index contributed by atoms with van der Waals surface area (Å²) in [7, 11) is 1.55. The zero-order valence-electron chi connectivity index (χ0n) is 11.1. The quantitative estimate of drug-likeness (QED) is 0.863. The van der Waals surface area contributed by atoms with E-state index in [1.807, 2.05) is 6.07 Å². The normalized spacial score (nSPS) is 11.3. The van der Waals surface area contributed by atoms with Gasteiger partial charge in [0.05, 0.1) is 11.3 Å². The van der Waals surface area contributed by atoms with E-state index in [1.165, 1.54) is 4.68 Å². The van der Waals surface area contributed by atoms with Crippen LogP contribution in [0, 0.1) is 24.1 Å². The first kappa shape index (κ1) is 14.8. The number of aryl methyl sites for hydroxylation is 2. The standard InChI is InChI=1S/C13H10F4N4/c1-7-9(6-18)12(21(2)20-7)19-8-3-4-11(14)10(5-8)13(15,16)17/h3-5,19H,1-2H3. The van der Waals surface area contributed by atoms with Gasteiger partial charge in [-0.3, -0.25) is 4.68 Å². The second-order valence-corrected chi connectivity index (χ2v) is 4.36. The molecule has 0 bridgehead atoms. The highest BCUT2D eigenvalue weighted by molar-refractivity contribution is 5.65. The van der Waals surface area contributed by atoms with Gasteiger partial charge in [-0.1, -0.05) is 0 Å². The van der Waals surface area contributed by atoms with Gasteiger partial charge in [0.2, 0.25) is 0 Å². The van der Waals surface area contributed by atoms with Crippen LogP contribution >= 0.6 is 0 Å². The van der Waals surface area contributed by atoms with Gasteiger partial charge in [-0.25, -0.2) is 4.39 Å². The second-order valence-electron chi connectivity index (χ2n) is 4.36.